The molecule has 21 heavy (non-hydrogen) atoms. The number of hydrogen-bond donors (Lipinski definition) is 1. The van der Waals surface area contributed by atoms with Crippen molar-refractivity contribution in [3.63, 3.8) is 0 Å². The third-order valence-electron chi connectivity index (χ3n) is 3.41. The Morgan fingerprint density at radius 2 is 2.14 bits per heavy atom. The van der Waals surface area contributed by atoms with Gasteiger partial charge in [-0.3, -0.25) is 4.98 Å². The zero-order valence-corrected chi connectivity index (χ0v) is 14.3. The van der Waals surface area contributed by atoms with Gasteiger partial charge in [-0.05, 0) is 24.8 Å². The Morgan fingerprint density at radius 3 is 2.76 bits per heavy atom. The van der Waals surface area contributed by atoms with Crippen molar-refractivity contribution >= 4 is 34.5 Å². The summed E-state index contributed by atoms with van der Waals surface area (Å²) in [5, 5.41) is 5.51. The fourth-order valence-corrected chi connectivity index (χ4v) is 3.84. The van der Waals surface area contributed by atoms with Gasteiger partial charge in [-0.2, -0.15) is 0 Å². The first-order valence-electron chi connectivity index (χ1n) is 7.09. The van der Waals surface area contributed by atoms with Gasteiger partial charge in [0, 0.05) is 23.7 Å². The topological polar surface area (TPSA) is 37.8 Å². The van der Waals surface area contributed by atoms with Crippen LogP contribution in [0.4, 0.5) is 0 Å². The molecule has 2 heterocycles. The second-order valence-electron chi connectivity index (χ2n) is 5.62. The molecule has 3 nitrogen and oxygen atoms in total. The van der Waals surface area contributed by atoms with Gasteiger partial charge in [0.05, 0.1) is 15.7 Å². The summed E-state index contributed by atoms with van der Waals surface area (Å²) in [4.78, 5) is 10.4. The SMILES string of the molecule is CC(C)c1nc(-c2ncc(Cl)cc2Cl)sc1CNC1CC1. The number of thiazole rings is 1. The molecule has 0 bridgehead atoms. The van der Waals surface area contributed by atoms with E-state index < -0.39 is 0 Å². The molecule has 1 saturated carbocycles. The van der Waals surface area contributed by atoms with Crippen molar-refractivity contribution in [1.82, 2.24) is 15.3 Å². The average Bonchev–Trinajstić information content (AvgIpc) is 3.15. The van der Waals surface area contributed by atoms with Gasteiger partial charge in [0.2, 0.25) is 0 Å². The molecule has 3 rings (SSSR count). The van der Waals surface area contributed by atoms with E-state index in [2.05, 4.69) is 24.1 Å². The highest BCUT2D eigenvalue weighted by atomic mass is 35.5. The van der Waals surface area contributed by atoms with Crippen LogP contribution in [-0.2, 0) is 6.54 Å². The molecule has 1 fully saturated rings. The molecular weight excluding hydrogens is 325 g/mol. The lowest BCUT2D eigenvalue weighted by Gasteiger charge is -2.05. The van der Waals surface area contributed by atoms with Crippen LogP contribution in [0.1, 0.15) is 43.2 Å². The van der Waals surface area contributed by atoms with Crippen molar-refractivity contribution < 1.29 is 0 Å². The van der Waals surface area contributed by atoms with Crippen LogP contribution in [0.2, 0.25) is 10.0 Å². The van der Waals surface area contributed by atoms with Gasteiger partial charge in [0.25, 0.3) is 0 Å². The Bertz CT molecular complexity index is 650. The number of nitrogens with one attached hydrogen (secondary N) is 1. The van der Waals surface area contributed by atoms with Crippen molar-refractivity contribution in [2.24, 2.45) is 0 Å². The summed E-state index contributed by atoms with van der Waals surface area (Å²) in [5.74, 6) is 0.386. The fourth-order valence-electron chi connectivity index (χ4n) is 2.14. The number of pyridine rings is 1. The van der Waals surface area contributed by atoms with Crippen LogP contribution in [-0.4, -0.2) is 16.0 Å². The van der Waals surface area contributed by atoms with Gasteiger partial charge in [-0.25, -0.2) is 4.98 Å². The minimum Gasteiger partial charge on any atom is -0.309 e. The van der Waals surface area contributed by atoms with E-state index in [0.717, 1.165) is 17.2 Å². The van der Waals surface area contributed by atoms with E-state index in [1.54, 1.807) is 23.6 Å². The molecule has 0 saturated heterocycles. The van der Waals surface area contributed by atoms with Crippen LogP contribution < -0.4 is 5.32 Å². The van der Waals surface area contributed by atoms with E-state index >= 15 is 0 Å². The van der Waals surface area contributed by atoms with Crippen LogP contribution in [0.25, 0.3) is 10.7 Å². The van der Waals surface area contributed by atoms with E-state index in [0.29, 0.717) is 27.7 Å². The maximum Gasteiger partial charge on any atom is 0.143 e. The van der Waals surface area contributed by atoms with E-state index in [9.17, 15) is 0 Å². The molecule has 2 aromatic heterocycles. The Labute approximate surface area is 138 Å². The number of hydrogen-bond acceptors (Lipinski definition) is 4. The van der Waals surface area contributed by atoms with E-state index in [1.165, 1.54) is 17.7 Å². The van der Waals surface area contributed by atoms with E-state index in [4.69, 9.17) is 28.2 Å². The van der Waals surface area contributed by atoms with Crippen molar-refractivity contribution in [3.8, 4) is 10.7 Å². The van der Waals surface area contributed by atoms with Crippen LogP contribution in [0.3, 0.4) is 0 Å². The van der Waals surface area contributed by atoms with Crippen molar-refractivity contribution in [3.05, 3.63) is 32.9 Å². The van der Waals surface area contributed by atoms with E-state index in [-0.39, 0.29) is 0 Å². The molecule has 0 atom stereocenters. The summed E-state index contributed by atoms with van der Waals surface area (Å²) >= 11 is 13.8. The summed E-state index contributed by atoms with van der Waals surface area (Å²) < 4.78 is 0. The quantitative estimate of drug-likeness (QED) is 0.841. The Hall–Kier alpha value is -0.680. The summed E-state index contributed by atoms with van der Waals surface area (Å²) in [6, 6.07) is 2.40. The van der Waals surface area contributed by atoms with Gasteiger partial charge in [-0.15, -0.1) is 11.3 Å². The Morgan fingerprint density at radius 1 is 1.38 bits per heavy atom. The second-order valence-corrected chi connectivity index (χ2v) is 7.55. The summed E-state index contributed by atoms with van der Waals surface area (Å²) in [6.45, 7) is 5.20. The second kappa shape index (κ2) is 6.21. The lowest BCUT2D eigenvalue weighted by atomic mass is 10.1. The molecule has 0 spiro atoms. The molecule has 6 heteroatoms. The van der Waals surface area contributed by atoms with Crippen LogP contribution in [0, 0.1) is 0 Å². The highest BCUT2D eigenvalue weighted by Crippen LogP contribution is 2.35. The number of rotatable bonds is 5. The van der Waals surface area contributed by atoms with Crippen molar-refractivity contribution in [1.29, 1.82) is 0 Å². The minimum absolute atomic E-state index is 0.386. The predicted molar refractivity (Wildman–Crippen MR) is 89.3 cm³/mol. The standard InChI is InChI=1S/C15H17Cl2N3S/c1-8(2)13-12(7-18-10-3-4-10)21-15(20-13)14-11(17)5-9(16)6-19-14/h5-6,8,10,18H,3-4,7H2,1-2H3. The van der Waals surface area contributed by atoms with Crippen molar-refractivity contribution in [2.75, 3.05) is 0 Å². The lowest BCUT2D eigenvalue weighted by molar-refractivity contribution is 0.681. The summed E-state index contributed by atoms with van der Waals surface area (Å²) in [6.07, 6.45) is 4.18. The monoisotopic (exact) mass is 341 g/mol. The average molecular weight is 342 g/mol. The van der Waals surface area contributed by atoms with Crippen LogP contribution in [0.5, 0.6) is 0 Å². The van der Waals surface area contributed by atoms with Gasteiger partial charge in [0.1, 0.15) is 10.7 Å². The maximum absolute atomic E-state index is 6.25. The molecule has 1 N–H and O–H groups in total. The van der Waals surface area contributed by atoms with Gasteiger partial charge >= 0.3 is 0 Å². The Kier molecular flexibility index (Phi) is 4.50. The molecule has 0 aromatic carbocycles. The molecule has 0 amide bonds. The predicted octanol–water partition coefficient (Wildman–Crippen LogP) is 4.89. The van der Waals surface area contributed by atoms with Crippen molar-refractivity contribution in [2.45, 2.75) is 45.2 Å². The summed E-state index contributed by atoms with van der Waals surface area (Å²) in [7, 11) is 0. The zero-order valence-electron chi connectivity index (χ0n) is 12.0. The number of halogens is 2. The maximum atomic E-state index is 6.25. The Balaban J connectivity index is 1.92. The fraction of sp³-hybridized carbons (Fsp3) is 0.467. The molecule has 0 unspecified atom stereocenters. The molecule has 0 aliphatic heterocycles. The van der Waals surface area contributed by atoms with Gasteiger partial charge in [0.15, 0.2) is 0 Å². The van der Waals surface area contributed by atoms with Gasteiger partial charge < -0.3 is 5.32 Å². The molecule has 1 aliphatic rings. The first-order valence-corrected chi connectivity index (χ1v) is 8.66. The van der Waals surface area contributed by atoms with Crippen LogP contribution in [0.15, 0.2) is 12.3 Å². The number of nitrogens with zero attached hydrogens (tertiary/aromatic N) is 2. The van der Waals surface area contributed by atoms with Gasteiger partial charge in [-0.1, -0.05) is 37.0 Å². The highest BCUT2D eigenvalue weighted by molar-refractivity contribution is 7.15. The normalized spacial score (nSPS) is 14.9. The molecule has 112 valence electrons. The van der Waals surface area contributed by atoms with Crippen LogP contribution >= 0.6 is 34.5 Å². The smallest absolute Gasteiger partial charge is 0.143 e. The largest absolute Gasteiger partial charge is 0.309 e. The highest BCUT2D eigenvalue weighted by Gasteiger charge is 2.23. The first kappa shape index (κ1) is 15.2. The lowest BCUT2D eigenvalue weighted by Crippen LogP contribution is -2.15. The minimum atomic E-state index is 0.386. The molecule has 1 aliphatic carbocycles. The van der Waals surface area contributed by atoms with E-state index in [1.807, 2.05) is 0 Å². The molecule has 2 aromatic rings. The summed E-state index contributed by atoms with van der Waals surface area (Å²) in [5.41, 5.74) is 1.85. The first-order chi connectivity index (χ1) is 10.0. The third-order valence-corrected chi connectivity index (χ3v) is 4.99. The third kappa shape index (κ3) is 3.57. The number of aromatic nitrogens is 2. The molecule has 0 radical (unpaired) electrons. The zero-order chi connectivity index (χ0) is 15.0. The molecular formula is C15H17Cl2N3S.